The molecule has 1 N–H and O–H groups in total. The summed E-state index contributed by atoms with van der Waals surface area (Å²) in [5, 5.41) is 2.65. The molecule has 88 valence electrons. The Morgan fingerprint density at radius 3 is 2.93 bits per heavy atom. The smallest absolute Gasteiger partial charge is 0.317 e. The van der Waals surface area contributed by atoms with E-state index in [0.29, 0.717) is 13.2 Å². The number of nitrogens with zero attached hydrogens (tertiary/aromatic N) is 1. The SMILES string of the molecule is CN(CC(F)F)C(=O)N[C@H]1CCCOC1. The molecule has 15 heavy (non-hydrogen) atoms. The maximum Gasteiger partial charge on any atom is 0.317 e. The number of carbonyl (C=O) groups excluding carboxylic acids is 1. The summed E-state index contributed by atoms with van der Waals surface area (Å²) in [7, 11) is 1.35. The van der Waals surface area contributed by atoms with E-state index in [0.717, 1.165) is 17.7 Å². The van der Waals surface area contributed by atoms with Gasteiger partial charge in [-0.2, -0.15) is 0 Å². The molecule has 1 fully saturated rings. The van der Waals surface area contributed by atoms with E-state index in [1.807, 2.05) is 0 Å². The quantitative estimate of drug-likeness (QED) is 0.776. The molecule has 4 nitrogen and oxygen atoms in total. The minimum atomic E-state index is -2.50. The third kappa shape index (κ3) is 4.42. The highest BCUT2D eigenvalue weighted by atomic mass is 19.3. The molecule has 1 rings (SSSR count). The van der Waals surface area contributed by atoms with Gasteiger partial charge >= 0.3 is 6.03 Å². The van der Waals surface area contributed by atoms with Gasteiger partial charge in [0.15, 0.2) is 0 Å². The van der Waals surface area contributed by atoms with Crippen LogP contribution in [-0.4, -0.2) is 50.2 Å². The number of alkyl halides is 2. The second-order valence-corrected chi connectivity index (χ2v) is 3.64. The van der Waals surface area contributed by atoms with Crippen molar-refractivity contribution < 1.29 is 18.3 Å². The van der Waals surface area contributed by atoms with Crippen molar-refractivity contribution in [2.45, 2.75) is 25.3 Å². The zero-order valence-electron chi connectivity index (χ0n) is 8.71. The molecule has 1 heterocycles. The third-order valence-electron chi connectivity index (χ3n) is 2.25. The van der Waals surface area contributed by atoms with Gasteiger partial charge in [0.1, 0.15) is 0 Å². The van der Waals surface area contributed by atoms with Crippen molar-refractivity contribution >= 4 is 6.03 Å². The van der Waals surface area contributed by atoms with Gasteiger partial charge in [0.2, 0.25) is 0 Å². The van der Waals surface area contributed by atoms with Crippen LogP contribution in [-0.2, 0) is 4.74 Å². The largest absolute Gasteiger partial charge is 0.379 e. The molecule has 1 aliphatic rings. The van der Waals surface area contributed by atoms with E-state index in [2.05, 4.69) is 5.32 Å². The van der Waals surface area contributed by atoms with Gasteiger partial charge in [0, 0.05) is 13.7 Å². The van der Waals surface area contributed by atoms with Crippen LogP contribution in [0.5, 0.6) is 0 Å². The van der Waals surface area contributed by atoms with Gasteiger partial charge in [-0.15, -0.1) is 0 Å². The summed E-state index contributed by atoms with van der Waals surface area (Å²) in [5.74, 6) is 0. The second-order valence-electron chi connectivity index (χ2n) is 3.64. The van der Waals surface area contributed by atoms with E-state index in [1.54, 1.807) is 0 Å². The molecule has 0 radical (unpaired) electrons. The monoisotopic (exact) mass is 222 g/mol. The van der Waals surface area contributed by atoms with E-state index in [4.69, 9.17) is 4.74 Å². The maximum absolute atomic E-state index is 12.0. The van der Waals surface area contributed by atoms with Gasteiger partial charge in [-0.1, -0.05) is 0 Å². The molecule has 0 aromatic rings. The number of hydrogen-bond donors (Lipinski definition) is 1. The Hall–Kier alpha value is -0.910. The van der Waals surface area contributed by atoms with Crippen LogP contribution >= 0.6 is 0 Å². The molecule has 1 aliphatic heterocycles. The van der Waals surface area contributed by atoms with Crippen molar-refractivity contribution in [1.29, 1.82) is 0 Å². The summed E-state index contributed by atoms with van der Waals surface area (Å²) in [6.45, 7) is 0.632. The summed E-state index contributed by atoms with van der Waals surface area (Å²) < 4.78 is 29.1. The summed E-state index contributed by atoms with van der Waals surface area (Å²) in [6, 6.07) is -0.517. The molecule has 0 aliphatic carbocycles. The van der Waals surface area contributed by atoms with Crippen LogP contribution in [0.3, 0.4) is 0 Å². The summed E-state index contributed by atoms with van der Waals surface area (Å²) in [5.41, 5.74) is 0. The summed E-state index contributed by atoms with van der Waals surface area (Å²) in [4.78, 5) is 12.4. The van der Waals surface area contributed by atoms with Crippen LogP contribution < -0.4 is 5.32 Å². The average molecular weight is 222 g/mol. The number of amides is 2. The van der Waals surface area contributed by atoms with Crippen molar-refractivity contribution in [2.75, 3.05) is 26.8 Å². The molecule has 0 saturated carbocycles. The number of urea groups is 1. The van der Waals surface area contributed by atoms with Crippen LogP contribution in [0.25, 0.3) is 0 Å². The fourth-order valence-corrected chi connectivity index (χ4v) is 1.43. The van der Waals surface area contributed by atoms with Crippen molar-refractivity contribution in [3.63, 3.8) is 0 Å². The Balaban J connectivity index is 2.27. The minimum absolute atomic E-state index is 0.0497. The number of ether oxygens (including phenoxy) is 1. The van der Waals surface area contributed by atoms with Crippen molar-refractivity contribution in [1.82, 2.24) is 10.2 Å². The molecule has 0 aromatic heterocycles. The van der Waals surface area contributed by atoms with Gasteiger partial charge < -0.3 is 15.0 Å². The highest BCUT2D eigenvalue weighted by Gasteiger charge is 2.19. The van der Waals surface area contributed by atoms with Gasteiger partial charge in [0.25, 0.3) is 6.43 Å². The standard InChI is InChI=1S/C9H16F2N2O2/c1-13(5-8(10)11)9(14)12-7-3-2-4-15-6-7/h7-8H,2-6H2,1H3,(H,12,14)/t7-/m0/s1. The number of hydrogen-bond acceptors (Lipinski definition) is 2. The van der Waals surface area contributed by atoms with Crippen LogP contribution in [0.4, 0.5) is 13.6 Å². The second kappa shape index (κ2) is 5.85. The molecular formula is C9H16F2N2O2. The normalized spacial score (nSPS) is 21.5. The molecule has 0 aromatic carbocycles. The van der Waals surface area contributed by atoms with E-state index in [-0.39, 0.29) is 6.04 Å². The Bertz CT molecular complexity index is 208. The van der Waals surface area contributed by atoms with E-state index < -0.39 is 19.0 Å². The molecular weight excluding hydrogens is 206 g/mol. The van der Waals surface area contributed by atoms with Crippen LogP contribution in [0.15, 0.2) is 0 Å². The highest BCUT2D eigenvalue weighted by molar-refractivity contribution is 5.74. The van der Waals surface area contributed by atoms with Crippen molar-refractivity contribution in [3.8, 4) is 0 Å². The van der Waals surface area contributed by atoms with Crippen LogP contribution in [0, 0.1) is 0 Å². The number of rotatable bonds is 3. The van der Waals surface area contributed by atoms with Crippen LogP contribution in [0.1, 0.15) is 12.8 Å². The Kier molecular flexibility index (Phi) is 4.74. The number of carbonyl (C=O) groups is 1. The van der Waals surface area contributed by atoms with Crippen molar-refractivity contribution in [2.24, 2.45) is 0 Å². The lowest BCUT2D eigenvalue weighted by molar-refractivity contribution is 0.0679. The van der Waals surface area contributed by atoms with Gasteiger partial charge in [-0.25, -0.2) is 13.6 Å². The Morgan fingerprint density at radius 2 is 2.40 bits per heavy atom. The number of nitrogens with one attached hydrogen (secondary N) is 1. The van der Waals surface area contributed by atoms with Crippen LogP contribution in [0.2, 0.25) is 0 Å². The first-order chi connectivity index (χ1) is 7.09. The molecule has 0 unspecified atom stereocenters. The minimum Gasteiger partial charge on any atom is -0.379 e. The lowest BCUT2D eigenvalue weighted by Crippen LogP contribution is -2.47. The highest BCUT2D eigenvalue weighted by Crippen LogP contribution is 2.06. The molecule has 0 spiro atoms. The first-order valence-corrected chi connectivity index (χ1v) is 4.97. The van der Waals surface area contributed by atoms with E-state index >= 15 is 0 Å². The fraction of sp³-hybridized carbons (Fsp3) is 0.889. The Labute approximate surface area is 87.6 Å². The lowest BCUT2D eigenvalue weighted by atomic mass is 10.1. The zero-order valence-corrected chi connectivity index (χ0v) is 8.71. The maximum atomic E-state index is 12.0. The van der Waals surface area contributed by atoms with E-state index in [9.17, 15) is 13.6 Å². The van der Waals surface area contributed by atoms with Gasteiger partial charge in [-0.3, -0.25) is 0 Å². The molecule has 0 bridgehead atoms. The lowest BCUT2D eigenvalue weighted by Gasteiger charge is -2.26. The summed E-state index contributed by atoms with van der Waals surface area (Å²) in [6.07, 6.45) is -0.763. The van der Waals surface area contributed by atoms with Gasteiger partial charge in [0.05, 0.1) is 19.2 Å². The fourth-order valence-electron chi connectivity index (χ4n) is 1.43. The third-order valence-corrected chi connectivity index (χ3v) is 2.25. The zero-order chi connectivity index (χ0) is 11.3. The summed E-state index contributed by atoms with van der Waals surface area (Å²) >= 11 is 0. The van der Waals surface area contributed by atoms with E-state index in [1.165, 1.54) is 7.05 Å². The van der Waals surface area contributed by atoms with Crippen molar-refractivity contribution in [3.05, 3.63) is 0 Å². The Morgan fingerprint density at radius 1 is 1.67 bits per heavy atom. The predicted molar refractivity (Wildman–Crippen MR) is 51.0 cm³/mol. The first-order valence-electron chi connectivity index (χ1n) is 4.97. The molecule has 2 amide bonds. The average Bonchev–Trinajstić information content (AvgIpc) is 2.18. The molecule has 1 atom stereocenters. The molecule has 6 heteroatoms. The first kappa shape index (κ1) is 12.2. The topological polar surface area (TPSA) is 41.6 Å². The predicted octanol–water partition coefficient (Wildman–Crippen LogP) is 1.07. The van der Waals surface area contributed by atoms with Gasteiger partial charge in [-0.05, 0) is 12.8 Å². The molecule has 1 saturated heterocycles. The number of halogens is 2.